The van der Waals surface area contributed by atoms with E-state index in [1.54, 1.807) is 0 Å². The van der Waals surface area contributed by atoms with Gasteiger partial charge in [0.1, 0.15) is 0 Å². The molecule has 0 spiro atoms. The molecular weight excluding hydrogens is 218 g/mol. The number of rotatable bonds is 4. The van der Waals surface area contributed by atoms with Crippen LogP contribution in [0.1, 0.15) is 32.6 Å². The van der Waals surface area contributed by atoms with Crippen LogP contribution in [-0.2, 0) is 0 Å². The molecule has 1 saturated carbocycles. The number of amidine groups is 1. The van der Waals surface area contributed by atoms with Crippen LogP contribution in [0, 0.1) is 0 Å². The number of nitrogens with zero attached hydrogens (tertiary/aromatic N) is 2. The van der Waals surface area contributed by atoms with Crippen molar-refractivity contribution in [3.63, 3.8) is 0 Å². The summed E-state index contributed by atoms with van der Waals surface area (Å²) in [5.74, 6) is 0. The van der Waals surface area contributed by atoms with Crippen molar-refractivity contribution >= 4 is 16.9 Å². The van der Waals surface area contributed by atoms with Crippen molar-refractivity contribution in [2.24, 2.45) is 4.99 Å². The highest BCUT2D eigenvalue weighted by atomic mass is 32.2. The zero-order valence-electron chi connectivity index (χ0n) is 10.6. The maximum Gasteiger partial charge on any atom is 0.156 e. The first kappa shape index (κ1) is 12.2. The molecule has 0 aromatic heterocycles. The molecule has 92 valence electrons. The second-order valence-electron chi connectivity index (χ2n) is 5.12. The van der Waals surface area contributed by atoms with Crippen LogP contribution in [-0.4, -0.2) is 48.0 Å². The molecule has 0 bridgehead atoms. The van der Waals surface area contributed by atoms with E-state index in [4.69, 9.17) is 0 Å². The molecule has 1 aliphatic heterocycles. The lowest BCUT2D eigenvalue weighted by Crippen LogP contribution is -2.56. The molecule has 1 heterocycles. The molecular formula is C12H23N3S. The van der Waals surface area contributed by atoms with Gasteiger partial charge in [-0.3, -0.25) is 4.99 Å². The van der Waals surface area contributed by atoms with E-state index in [0.717, 1.165) is 13.1 Å². The number of likely N-dealkylation sites (N-methyl/N-ethyl adjacent to an activating group) is 1. The molecule has 0 aromatic rings. The topological polar surface area (TPSA) is 27.6 Å². The van der Waals surface area contributed by atoms with Gasteiger partial charge in [-0.1, -0.05) is 18.7 Å². The summed E-state index contributed by atoms with van der Waals surface area (Å²) in [5.41, 5.74) is 0.396. The zero-order chi connectivity index (χ0) is 11.6. The highest BCUT2D eigenvalue weighted by molar-refractivity contribution is 8.14. The van der Waals surface area contributed by atoms with Gasteiger partial charge in [-0.25, -0.2) is 0 Å². The van der Waals surface area contributed by atoms with Crippen LogP contribution in [0.25, 0.3) is 0 Å². The maximum absolute atomic E-state index is 4.56. The maximum atomic E-state index is 4.56. The predicted octanol–water partition coefficient (Wildman–Crippen LogP) is 1.94. The zero-order valence-corrected chi connectivity index (χ0v) is 11.4. The minimum atomic E-state index is 0.396. The Morgan fingerprint density at radius 3 is 2.69 bits per heavy atom. The monoisotopic (exact) mass is 241 g/mol. The van der Waals surface area contributed by atoms with Gasteiger partial charge in [0.05, 0.1) is 6.54 Å². The number of aliphatic imine (C=N–C) groups is 1. The van der Waals surface area contributed by atoms with Gasteiger partial charge in [0.15, 0.2) is 5.17 Å². The van der Waals surface area contributed by atoms with Crippen LogP contribution in [0.5, 0.6) is 0 Å². The number of hydrogen-bond donors (Lipinski definition) is 1. The molecule has 1 aliphatic carbocycles. The van der Waals surface area contributed by atoms with E-state index < -0.39 is 0 Å². The fourth-order valence-corrected chi connectivity index (χ4v) is 3.27. The molecule has 2 aliphatic rings. The van der Waals surface area contributed by atoms with Crippen molar-refractivity contribution in [1.29, 1.82) is 0 Å². The summed E-state index contributed by atoms with van der Waals surface area (Å²) in [6.07, 6.45) is 5.24. The Balaban J connectivity index is 1.79. The van der Waals surface area contributed by atoms with E-state index in [2.05, 4.69) is 36.2 Å². The summed E-state index contributed by atoms with van der Waals surface area (Å²) in [4.78, 5) is 6.93. The first-order chi connectivity index (χ1) is 7.66. The fraction of sp³-hybridized carbons (Fsp3) is 0.917. The van der Waals surface area contributed by atoms with Crippen molar-refractivity contribution in [3.05, 3.63) is 0 Å². The third-order valence-corrected chi connectivity index (χ3v) is 5.29. The quantitative estimate of drug-likeness (QED) is 0.815. The van der Waals surface area contributed by atoms with Gasteiger partial charge in [-0.05, 0) is 39.8 Å². The molecule has 1 N–H and O–H groups in total. The highest BCUT2D eigenvalue weighted by Crippen LogP contribution is 2.35. The van der Waals surface area contributed by atoms with Crippen molar-refractivity contribution in [2.45, 2.75) is 43.4 Å². The van der Waals surface area contributed by atoms with E-state index >= 15 is 0 Å². The largest absolute Gasteiger partial charge is 0.363 e. The molecule has 1 fully saturated rings. The lowest BCUT2D eigenvalue weighted by molar-refractivity contribution is 0.0651. The van der Waals surface area contributed by atoms with E-state index in [1.807, 2.05) is 11.8 Å². The predicted molar refractivity (Wildman–Crippen MR) is 72.2 cm³/mol. The molecule has 0 radical (unpaired) electrons. The molecule has 4 heteroatoms. The van der Waals surface area contributed by atoms with E-state index in [9.17, 15) is 0 Å². The molecule has 0 saturated heterocycles. The molecule has 3 nitrogen and oxygen atoms in total. The molecule has 16 heavy (non-hydrogen) atoms. The highest BCUT2D eigenvalue weighted by Gasteiger charge is 2.39. The summed E-state index contributed by atoms with van der Waals surface area (Å²) in [5, 5.41) is 5.42. The summed E-state index contributed by atoms with van der Waals surface area (Å²) >= 11 is 1.92. The summed E-state index contributed by atoms with van der Waals surface area (Å²) in [6, 6.07) is 0. The normalized spacial score (nSPS) is 27.8. The van der Waals surface area contributed by atoms with E-state index in [0.29, 0.717) is 10.8 Å². The second kappa shape index (κ2) is 4.96. The van der Waals surface area contributed by atoms with Gasteiger partial charge in [0.2, 0.25) is 0 Å². The van der Waals surface area contributed by atoms with Crippen molar-refractivity contribution in [2.75, 3.05) is 27.2 Å². The Morgan fingerprint density at radius 1 is 1.50 bits per heavy atom. The molecule has 2 rings (SSSR count). The summed E-state index contributed by atoms with van der Waals surface area (Å²) in [6.45, 7) is 4.30. The fourth-order valence-electron chi connectivity index (χ4n) is 2.33. The van der Waals surface area contributed by atoms with Gasteiger partial charge in [0.25, 0.3) is 0 Å². The number of thioether (sulfide) groups is 1. The van der Waals surface area contributed by atoms with Crippen molar-refractivity contribution < 1.29 is 0 Å². The Bertz CT molecular complexity index is 271. The summed E-state index contributed by atoms with van der Waals surface area (Å²) in [7, 11) is 4.39. The Morgan fingerprint density at radius 2 is 2.25 bits per heavy atom. The van der Waals surface area contributed by atoms with Crippen LogP contribution >= 0.6 is 11.8 Å². The third-order valence-electron chi connectivity index (χ3n) is 3.97. The average molecular weight is 241 g/mol. The standard InChI is InChI=1S/C12H23N3S/c1-4-10-8-13-11(16-10)14-9-12(15(2)3)6-5-7-12/h10H,4-9H2,1-3H3,(H,13,14). The van der Waals surface area contributed by atoms with Gasteiger partial charge in [-0.15, -0.1) is 0 Å². The lowest BCUT2D eigenvalue weighted by Gasteiger charge is -2.47. The van der Waals surface area contributed by atoms with Gasteiger partial charge >= 0.3 is 0 Å². The van der Waals surface area contributed by atoms with Crippen LogP contribution in [0.2, 0.25) is 0 Å². The molecule has 0 aromatic carbocycles. The summed E-state index contributed by atoms with van der Waals surface area (Å²) < 4.78 is 0. The van der Waals surface area contributed by atoms with E-state index in [-0.39, 0.29) is 0 Å². The smallest absolute Gasteiger partial charge is 0.156 e. The lowest BCUT2D eigenvalue weighted by atomic mass is 9.76. The Hall–Kier alpha value is -0.220. The van der Waals surface area contributed by atoms with Crippen LogP contribution in [0.3, 0.4) is 0 Å². The Labute approximate surface area is 103 Å². The SMILES string of the molecule is CCC1CN=C(NCC2(N(C)C)CCC2)S1. The third kappa shape index (κ3) is 2.38. The Kier molecular flexibility index (Phi) is 3.80. The van der Waals surface area contributed by atoms with Crippen LogP contribution in [0.4, 0.5) is 0 Å². The van der Waals surface area contributed by atoms with Gasteiger partial charge in [-0.2, -0.15) is 0 Å². The first-order valence-electron chi connectivity index (χ1n) is 6.29. The molecule has 0 amide bonds. The first-order valence-corrected chi connectivity index (χ1v) is 7.17. The molecule has 1 atom stereocenters. The minimum absolute atomic E-state index is 0.396. The van der Waals surface area contributed by atoms with Crippen molar-refractivity contribution in [1.82, 2.24) is 10.2 Å². The van der Waals surface area contributed by atoms with Gasteiger partial charge < -0.3 is 10.2 Å². The number of hydrogen-bond acceptors (Lipinski definition) is 4. The van der Waals surface area contributed by atoms with E-state index in [1.165, 1.54) is 30.9 Å². The minimum Gasteiger partial charge on any atom is -0.363 e. The second-order valence-corrected chi connectivity index (χ2v) is 6.41. The van der Waals surface area contributed by atoms with Crippen LogP contribution < -0.4 is 5.32 Å². The van der Waals surface area contributed by atoms with Gasteiger partial charge in [0, 0.05) is 17.3 Å². The number of nitrogens with one attached hydrogen (secondary N) is 1. The average Bonchev–Trinajstić information content (AvgIpc) is 2.63. The molecule has 1 unspecified atom stereocenters. The van der Waals surface area contributed by atoms with Crippen LogP contribution in [0.15, 0.2) is 4.99 Å². The van der Waals surface area contributed by atoms with Crippen molar-refractivity contribution in [3.8, 4) is 0 Å².